The monoisotopic (exact) mass is 402 g/mol. The number of halogens is 3. The Balaban J connectivity index is 3.29. The average molecular weight is 402 g/mol. The van der Waals surface area contributed by atoms with Crippen LogP contribution in [-0.4, -0.2) is 30.9 Å². The van der Waals surface area contributed by atoms with Gasteiger partial charge < -0.3 is 14.8 Å². The summed E-state index contributed by atoms with van der Waals surface area (Å²) < 4.78 is 49.1. The highest BCUT2D eigenvalue weighted by molar-refractivity contribution is 8.03. The van der Waals surface area contributed by atoms with Gasteiger partial charge in [-0.1, -0.05) is 23.9 Å². The van der Waals surface area contributed by atoms with E-state index in [9.17, 15) is 28.0 Å². The number of hydrogen-bond acceptors (Lipinski definition) is 7. The van der Waals surface area contributed by atoms with E-state index < -0.39 is 29.3 Å². The van der Waals surface area contributed by atoms with E-state index in [1.165, 1.54) is 19.1 Å². The number of para-hydroxylation sites is 1. The van der Waals surface area contributed by atoms with E-state index in [-0.39, 0.29) is 29.7 Å². The summed E-state index contributed by atoms with van der Waals surface area (Å²) >= 11 is 0.674. The van der Waals surface area contributed by atoms with E-state index in [4.69, 9.17) is 9.47 Å². The molecule has 0 aromatic heterocycles. The fourth-order valence-electron chi connectivity index (χ4n) is 1.86. The predicted octanol–water partition coefficient (Wildman–Crippen LogP) is 3.71. The molecule has 0 fully saturated rings. The van der Waals surface area contributed by atoms with Crippen molar-refractivity contribution < 1.29 is 32.2 Å². The molecule has 0 saturated heterocycles. The molecule has 146 valence electrons. The molecule has 27 heavy (non-hydrogen) atoms. The molecule has 0 aliphatic carbocycles. The van der Waals surface area contributed by atoms with Crippen LogP contribution >= 0.6 is 11.8 Å². The Morgan fingerprint density at radius 3 is 2.37 bits per heavy atom. The summed E-state index contributed by atoms with van der Waals surface area (Å²) in [6, 6.07) is 6.18. The van der Waals surface area contributed by atoms with Crippen LogP contribution in [0.5, 0.6) is 0 Å². The van der Waals surface area contributed by atoms with Gasteiger partial charge in [-0.25, -0.2) is 4.79 Å². The van der Waals surface area contributed by atoms with Crippen LogP contribution in [0.1, 0.15) is 19.4 Å². The Kier molecular flexibility index (Phi) is 8.68. The Hall–Kier alpha value is -2.67. The molecule has 0 radical (unpaired) electrons. The molecule has 1 aromatic carbocycles. The number of anilines is 1. The number of carbonyl (C=O) groups is 2. The van der Waals surface area contributed by atoms with Gasteiger partial charge in [0.05, 0.1) is 35.2 Å². The lowest BCUT2D eigenvalue weighted by Crippen LogP contribution is -2.16. The minimum Gasteiger partial charge on any atom is -0.465 e. The second-order valence-electron chi connectivity index (χ2n) is 4.80. The first-order valence-electron chi connectivity index (χ1n) is 7.77. The van der Waals surface area contributed by atoms with Crippen molar-refractivity contribution >= 4 is 29.4 Å². The topological polar surface area (TPSA) is 88.4 Å². The maximum absolute atomic E-state index is 13.2. The SMILES string of the molecule is CCOC(=O)CS/C(Nc1ccccc1C(F)(F)F)=C(/C#N)C(=O)OCC. The van der Waals surface area contributed by atoms with E-state index in [2.05, 4.69) is 5.32 Å². The predicted molar refractivity (Wildman–Crippen MR) is 93.4 cm³/mol. The molecule has 0 saturated carbocycles. The van der Waals surface area contributed by atoms with E-state index >= 15 is 0 Å². The molecule has 0 heterocycles. The summed E-state index contributed by atoms with van der Waals surface area (Å²) in [6.07, 6.45) is -4.66. The van der Waals surface area contributed by atoms with Crippen molar-refractivity contribution in [3.05, 3.63) is 40.4 Å². The summed E-state index contributed by atoms with van der Waals surface area (Å²) in [5, 5.41) is 11.5. The lowest BCUT2D eigenvalue weighted by Gasteiger charge is -2.17. The average Bonchev–Trinajstić information content (AvgIpc) is 2.60. The second-order valence-corrected chi connectivity index (χ2v) is 5.78. The smallest absolute Gasteiger partial charge is 0.418 e. The van der Waals surface area contributed by atoms with Crippen molar-refractivity contribution in [1.29, 1.82) is 5.26 Å². The number of hydrogen-bond donors (Lipinski definition) is 1. The lowest BCUT2D eigenvalue weighted by atomic mass is 10.1. The molecule has 0 aliphatic heterocycles. The second kappa shape index (κ2) is 10.5. The first-order chi connectivity index (χ1) is 12.7. The Morgan fingerprint density at radius 1 is 1.19 bits per heavy atom. The van der Waals surface area contributed by atoms with Gasteiger partial charge in [0.15, 0.2) is 5.57 Å². The molecule has 10 heteroatoms. The molecule has 6 nitrogen and oxygen atoms in total. The molecule has 0 amide bonds. The number of nitrogens with one attached hydrogen (secondary N) is 1. The molecule has 1 aromatic rings. The summed E-state index contributed by atoms with van der Waals surface area (Å²) in [7, 11) is 0. The van der Waals surface area contributed by atoms with Crippen LogP contribution in [0.4, 0.5) is 18.9 Å². The van der Waals surface area contributed by atoms with E-state index in [1.54, 1.807) is 13.0 Å². The maximum Gasteiger partial charge on any atom is 0.418 e. The summed E-state index contributed by atoms with van der Waals surface area (Å²) in [5.74, 6) is -1.97. The van der Waals surface area contributed by atoms with E-state index in [0.717, 1.165) is 12.1 Å². The van der Waals surface area contributed by atoms with Gasteiger partial charge in [0.1, 0.15) is 6.07 Å². The number of thioether (sulfide) groups is 1. The number of esters is 2. The number of nitriles is 1. The molecule has 0 aliphatic rings. The maximum atomic E-state index is 13.2. The number of rotatable bonds is 8. The molecular weight excluding hydrogens is 385 g/mol. The van der Waals surface area contributed by atoms with Crippen LogP contribution in [-0.2, 0) is 25.2 Å². The molecule has 0 spiro atoms. The highest BCUT2D eigenvalue weighted by Crippen LogP contribution is 2.36. The van der Waals surface area contributed by atoms with Crippen LogP contribution in [0.3, 0.4) is 0 Å². The number of benzene rings is 1. The number of nitrogens with zero attached hydrogens (tertiary/aromatic N) is 1. The van der Waals surface area contributed by atoms with Crippen molar-refractivity contribution in [1.82, 2.24) is 0 Å². The van der Waals surface area contributed by atoms with Gasteiger partial charge in [0.2, 0.25) is 0 Å². The van der Waals surface area contributed by atoms with Gasteiger partial charge in [-0.05, 0) is 26.0 Å². The molecule has 1 rings (SSSR count). The number of ether oxygens (including phenoxy) is 2. The van der Waals surface area contributed by atoms with Gasteiger partial charge in [0, 0.05) is 0 Å². The minimum atomic E-state index is -4.66. The Bertz CT molecular complexity index is 757. The van der Waals surface area contributed by atoms with Crippen LogP contribution in [0.25, 0.3) is 0 Å². The zero-order valence-electron chi connectivity index (χ0n) is 14.6. The van der Waals surface area contributed by atoms with Crippen LogP contribution in [0, 0.1) is 11.3 Å². The van der Waals surface area contributed by atoms with Crippen molar-refractivity contribution in [3.8, 4) is 6.07 Å². The third-order valence-corrected chi connectivity index (χ3v) is 3.91. The van der Waals surface area contributed by atoms with Crippen molar-refractivity contribution in [2.75, 3.05) is 24.3 Å². The highest BCUT2D eigenvalue weighted by Gasteiger charge is 2.33. The van der Waals surface area contributed by atoms with E-state index in [1.807, 2.05) is 0 Å². The van der Waals surface area contributed by atoms with Gasteiger partial charge >= 0.3 is 18.1 Å². The number of alkyl halides is 3. The molecule has 1 N–H and O–H groups in total. The van der Waals surface area contributed by atoms with Crippen molar-refractivity contribution in [2.24, 2.45) is 0 Å². The van der Waals surface area contributed by atoms with Crippen molar-refractivity contribution in [2.45, 2.75) is 20.0 Å². The molecule has 0 bridgehead atoms. The lowest BCUT2D eigenvalue weighted by molar-refractivity contribution is -0.140. The first kappa shape index (κ1) is 22.4. The van der Waals surface area contributed by atoms with E-state index in [0.29, 0.717) is 11.8 Å². The first-order valence-corrected chi connectivity index (χ1v) is 8.76. The standard InChI is InChI=1S/C17H17F3N2O4S/c1-3-25-14(23)10-27-15(11(9-21)16(24)26-4-2)22-13-8-6-5-7-12(13)17(18,19)20/h5-8,22H,3-4,10H2,1-2H3/b15-11-. The minimum absolute atomic E-state index is 0.0288. The van der Waals surface area contributed by atoms with Gasteiger partial charge in [-0.15, -0.1) is 0 Å². The zero-order chi connectivity index (χ0) is 20.4. The van der Waals surface area contributed by atoms with Gasteiger partial charge in [0.25, 0.3) is 0 Å². The fraction of sp³-hybridized carbons (Fsp3) is 0.353. The zero-order valence-corrected chi connectivity index (χ0v) is 15.4. The highest BCUT2D eigenvalue weighted by atomic mass is 32.2. The Morgan fingerprint density at radius 2 is 1.81 bits per heavy atom. The van der Waals surface area contributed by atoms with Crippen molar-refractivity contribution in [3.63, 3.8) is 0 Å². The van der Waals surface area contributed by atoms with Gasteiger partial charge in [-0.3, -0.25) is 4.79 Å². The summed E-state index contributed by atoms with van der Waals surface area (Å²) in [5.41, 5.74) is -1.89. The fourth-order valence-corrected chi connectivity index (χ4v) is 2.66. The third kappa shape index (κ3) is 6.86. The normalized spacial score (nSPS) is 11.9. The number of carbonyl (C=O) groups excluding carboxylic acids is 2. The largest absolute Gasteiger partial charge is 0.465 e. The van der Waals surface area contributed by atoms with Crippen LogP contribution in [0.15, 0.2) is 34.9 Å². The van der Waals surface area contributed by atoms with Crippen LogP contribution in [0.2, 0.25) is 0 Å². The van der Waals surface area contributed by atoms with Gasteiger partial charge in [-0.2, -0.15) is 18.4 Å². The third-order valence-electron chi connectivity index (χ3n) is 2.94. The summed E-state index contributed by atoms with van der Waals surface area (Å²) in [6.45, 7) is 3.20. The molecule has 0 unspecified atom stereocenters. The molecular formula is C17H17F3N2O4S. The Labute approximate surface area is 158 Å². The molecule has 0 atom stereocenters. The summed E-state index contributed by atoms with van der Waals surface area (Å²) in [4.78, 5) is 23.5. The quantitative estimate of drug-likeness (QED) is 0.403. The van der Waals surface area contributed by atoms with Crippen LogP contribution < -0.4 is 5.32 Å².